The number of hydrogen-bond donors (Lipinski definition) is 0. The van der Waals surface area contributed by atoms with Gasteiger partial charge in [-0.05, 0) is 58.8 Å². The van der Waals surface area contributed by atoms with Gasteiger partial charge in [0.05, 0.1) is 0 Å². The van der Waals surface area contributed by atoms with E-state index in [4.69, 9.17) is 0 Å². The summed E-state index contributed by atoms with van der Waals surface area (Å²) in [5.41, 5.74) is 6.50. The van der Waals surface area contributed by atoms with E-state index >= 15 is 0 Å². The highest BCUT2D eigenvalue weighted by Gasteiger charge is 2.28. The van der Waals surface area contributed by atoms with Gasteiger partial charge in [0.2, 0.25) is 0 Å². The molecular formula is C30H42. The molecule has 2 aromatic carbocycles. The second-order valence-corrected chi connectivity index (χ2v) is 10.2. The van der Waals surface area contributed by atoms with Gasteiger partial charge in [-0.15, -0.1) is 0 Å². The van der Waals surface area contributed by atoms with Crippen molar-refractivity contribution in [3.8, 4) is 0 Å². The van der Waals surface area contributed by atoms with Gasteiger partial charge in [0, 0.05) is 0 Å². The maximum Gasteiger partial charge on any atom is -0.00779 e. The predicted octanol–water partition coefficient (Wildman–Crippen LogP) is 9.24. The Kier molecular flexibility index (Phi) is 9.56. The summed E-state index contributed by atoms with van der Waals surface area (Å²) in [5.74, 6) is 0.648. The summed E-state index contributed by atoms with van der Waals surface area (Å²) in [6, 6.07) is 19.4. The first kappa shape index (κ1) is 25.7. The molecule has 0 aliphatic carbocycles. The van der Waals surface area contributed by atoms with Crippen LogP contribution in [0.25, 0.3) is 5.57 Å². The van der Waals surface area contributed by atoms with Crippen LogP contribution in [0, 0.1) is 11.3 Å². The minimum absolute atomic E-state index is 0.178. The molecule has 0 aromatic heterocycles. The highest BCUT2D eigenvalue weighted by molar-refractivity contribution is 5.78. The Morgan fingerprint density at radius 3 is 1.77 bits per heavy atom. The molecule has 0 N–H and O–H groups in total. The SMILES string of the molecule is C=C(c1ccccc1)c1ccc(C(C)(C)[C@@H](C)CCC(C)(C)C)cc1.C=CC(=C)C. The van der Waals surface area contributed by atoms with E-state index in [1.807, 2.05) is 13.0 Å². The molecule has 0 aliphatic rings. The van der Waals surface area contributed by atoms with Gasteiger partial charge in [-0.1, -0.05) is 128 Å². The number of rotatable bonds is 7. The van der Waals surface area contributed by atoms with Gasteiger partial charge in [-0.2, -0.15) is 0 Å². The van der Waals surface area contributed by atoms with E-state index in [9.17, 15) is 0 Å². The Morgan fingerprint density at radius 1 is 0.867 bits per heavy atom. The minimum atomic E-state index is 0.178. The monoisotopic (exact) mass is 402 g/mol. The molecule has 2 aromatic rings. The summed E-state index contributed by atoms with van der Waals surface area (Å²) in [6.07, 6.45) is 4.25. The van der Waals surface area contributed by atoms with E-state index < -0.39 is 0 Å². The summed E-state index contributed by atoms with van der Waals surface area (Å²) in [7, 11) is 0. The lowest BCUT2D eigenvalue weighted by molar-refractivity contribution is 0.264. The molecule has 0 unspecified atom stereocenters. The van der Waals surface area contributed by atoms with E-state index in [0.717, 1.165) is 11.1 Å². The van der Waals surface area contributed by atoms with Gasteiger partial charge in [0.1, 0.15) is 0 Å². The summed E-state index contributed by atoms with van der Waals surface area (Å²) in [5, 5.41) is 0. The molecule has 0 nitrogen and oxygen atoms in total. The van der Waals surface area contributed by atoms with Crippen LogP contribution in [-0.2, 0) is 5.41 Å². The van der Waals surface area contributed by atoms with Crippen molar-refractivity contribution >= 4 is 5.57 Å². The van der Waals surface area contributed by atoms with Crippen LogP contribution < -0.4 is 0 Å². The lowest BCUT2D eigenvalue weighted by Gasteiger charge is -2.34. The molecule has 0 fully saturated rings. The van der Waals surface area contributed by atoms with Crippen LogP contribution in [-0.4, -0.2) is 0 Å². The largest absolute Gasteiger partial charge is 0.0988 e. The molecule has 0 aliphatic heterocycles. The molecule has 0 bridgehead atoms. The van der Waals surface area contributed by atoms with Crippen LogP contribution in [0.1, 0.15) is 78.0 Å². The molecule has 0 heteroatoms. The lowest BCUT2D eigenvalue weighted by Crippen LogP contribution is -2.27. The molecule has 162 valence electrons. The fourth-order valence-electron chi connectivity index (χ4n) is 3.20. The van der Waals surface area contributed by atoms with Gasteiger partial charge in [0.25, 0.3) is 0 Å². The second kappa shape index (κ2) is 11.2. The Hall–Kier alpha value is -2.34. The van der Waals surface area contributed by atoms with E-state index in [1.165, 1.54) is 29.5 Å². The number of allylic oxidation sites excluding steroid dienone is 2. The quantitative estimate of drug-likeness (QED) is 0.405. The van der Waals surface area contributed by atoms with Crippen LogP contribution in [0.5, 0.6) is 0 Å². The summed E-state index contributed by atoms with van der Waals surface area (Å²) in [4.78, 5) is 0. The first-order chi connectivity index (χ1) is 13.9. The van der Waals surface area contributed by atoms with Crippen LogP contribution in [0.3, 0.4) is 0 Å². The second-order valence-electron chi connectivity index (χ2n) is 10.2. The van der Waals surface area contributed by atoms with Crippen LogP contribution in [0.4, 0.5) is 0 Å². The van der Waals surface area contributed by atoms with Crippen LogP contribution in [0.15, 0.2) is 86.0 Å². The molecule has 2 rings (SSSR count). The van der Waals surface area contributed by atoms with Gasteiger partial charge >= 0.3 is 0 Å². The van der Waals surface area contributed by atoms with Crippen molar-refractivity contribution in [2.24, 2.45) is 11.3 Å². The fraction of sp³-hybridized carbons (Fsp3) is 0.400. The van der Waals surface area contributed by atoms with Crippen molar-refractivity contribution in [3.63, 3.8) is 0 Å². The van der Waals surface area contributed by atoms with Gasteiger partial charge in [-0.3, -0.25) is 0 Å². The van der Waals surface area contributed by atoms with Crippen molar-refractivity contribution in [2.75, 3.05) is 0 Å². The smallest absolute Gasteiger partial charge is 0.00779 e. The number of hydrogen-bond acceptors (Lipinski definition) is 0. The topological polar surface area (TPSA) is 0 Å². The molecular weight excluding hydrogens is 360 g/mol. The minimum Gasteiger partial charge on any atom is -0.0988 e. The predicted molar refractivity (Wildman–Crippen MR) is 137 cm³/mol. The summed E-state index contributed by atoms with van der Waals surface area (Å²) < 4.78 is 0. The molecule has 1 atom stereocenters. The zero-order valence-electron chi connectivity index (χ0n) is 20.4. The van der Waals surface area contributed by atoms with E-state index in [1.54, 1.807) is 6.08 Å². The van der Waals surface area contributed by atoms with Crippen molar-refractivity contribution in [1.82, 2.24) is 0 Å². The average molecular weight is 403 g/mol. The lowest BCUT2D eigenvalue weighted by atomic mass is 9.70. The molecule has 0 spiro atoms. The highest BCUT2D eigenvalue weighted by atomic mass is 14.3. The average Bonchev–Trinajstić information content (AvgIpc) is 2.72. The third kappa shape index (κ3) is 8.19. The summed E-state index contributed by atoms with van der Waals surface area (Å²) in [6.45, 7) is 27.3. The summed E-state index contributed by atoms with van der Waals surface area (Å²) >= 11 is 0. The molecule has 0 saturated heterocycles. The normalized spacial score (nSPS) is 12.4. The Labute approximate surface area is 186 Å². The first-order valence-corrected chi connectivity index (χ1v) is 11.0. The molecule has 0 heterocycles. The maximum absolute atomic E-state index is 4.28. The van der Waals surface area contributed by atoms with Crippen LogP contribution in [0.2, 0.25) is 0 Å². The molecule has 30 heavy (non-hydrogen) atoms. The molecule has 0 saturated carbocycles. The zero-order chi connectivity index (χ0) is 22.9. The standard InChI is InChI=1S/C25H34.C5H8/c1-19(17-18-24(3,4)5)25(6,7)23-15-13-22(14-16-23)20(2)21-11-9-8-10-12-21;1-4-5(2)3/h8-16,19H,2,17-18H2,1,3-7H3;4H,1-2H2,3H3/t19-;/m0./s1. The van der Waals surface area contributed by atoms with Gasteiger partial charge in [0.15, 0.2) is 0 Å². The van der Waals surface area contributed by atoms with Crippen molar-refractivity contribution < 1.29 is 0 Å². The fourth-order valence-corrected chi connectivity index (χ4v) is 3.20. The van der Waals surface area contributed by atoms with Crippen molar-refractivity contribution in [3.05, 3.63) is 103 Å². The van der Waals surface area contributed by atoms with Crippen molar-refractivity contribution in [1.29, 1.82) is 0 Å². The highest BCUT2D eigenvalue weighted by Crippen LogP contribution is 2.37. The molecule has 0 radical (unpaired) electrons. The van der Waals surface area contributed by atoms with Gasteiger partial charge in [-0.25, -0.2) is 0 Å². The Bertz CT molecular complexity index is 811. The zero-order valence-corrected chi connectivity index (χ0v) is 20.4. The van der Waals surface area contributed by atoms with E-state index in [-0.39, 0.29) is 5.41 Å². The van der Waals surface area contributed by atoms with Gasteiger partial charge < -0.3 is 0 Å². The Balaban J connectivity index is 0.000000804. The van der Waals surface area contributed by atoms with Crippen LogP contribution >= 0.6 is 0 Å². The Morgan fingerprint density at radius 2 is 1.33 bits per heavy atom. The first-order valence-electron chi connectivity index (χ1n) is 11.0. The van der Waals surface area contributed by atoms with E-state index in [0.29, 0.717) is 11.3 Å². The third-order valence-electron chi connectivity index (χ3n) is 6.01. The maximum atomic E-state index is 4.28. The number of benzene rings is 2. The van der Waals surface area contributed by atoms with E-state index in [2.05, 4.69) is 110 Å². The van der Waals surface area contributed by atoms with Crippen molar-refractivity contribution in [2.45, 2.75) is 66.7 Å². The third-order valence-corrected chi connectivity index (χ3v) is 6.01. The molecule has 0 amide bonds.